The first-order valence-corrected chi connectivity index (χ1v) is 13.0. The van der Waals surface area contributed by atoms with Crippen molar-refractivity contribution in [2.45, 2.75) is 38.1 Å². The van der Waals surface area contributed by atoms with Crippen LogP contribution in [-0.2, 0) is 19.3 Å². The molecule has 6 rings (SSSR count). The van der Waals surface area contributed by atoms with Gasteiger partial charge in [-0.2, -0.15) is 4.98 Å². The standard InChI is InChI=1S/C26H24N4OS2/c27-18(13-17-15-32-21-7-3-1-5-19(17)21)14-31-25-23-20-6-2-4-8-22(20)33-26(23)30-24(29-25)16-9-11-28-12-10-16/h1,3,5,7,9-12,15,18H,2,4,6,8,13-14,27H2. The highest BCUT2D eigenvalue weighted by Crippen LogP contribution is 2.40. The van der Waals surface area contributed by atoms with E-state index in [1.54, 1.807) is 35.1 Å². The molecule has 0 amide bonds. The first kappa shape index (κ1) is 20.7. The van der Waals surface area contributed by atoms with Crippen molar-refractivity contribution in [2.75, 3.05) is 6.61 Å². The van der Waals surface area contributed by atoms with Crippen LogP contribution in [0.5, 0.6) is 5.88 Å². The number of aromatic nitrogens is 3. The first-order chi connectivity index (χ1) is 16.3. The molecule has 7 heteroatoms. The van der Waals surface area contributed by atoms with E-state index in [1.165, 1.54) is 38.9 Å². The van der Waals surface area contributed by atoms with Gasteiger partial charge in [-0.25, -0.2) is 4.98 Å². The van der Waals surface area contributed by atoms with Crippen LogP contribution in [0.1, 0.15) is 28.8 Å². The Labute approximate surface area is 200 Å². The summed E-state index contributed by atoms with van der Waals surface area (Å²) in [7, 11) is 0. The number of aryl methyl sites for hydroxylation is 2. The molecule has 166 valence electrons. The Balaban J connectivity index is 1.31. The van der Waals surface area contributed by atoms with E-state index in [0.29, 0.717) is 18.3 Å². The van der Waals surface area contributed by atoms with Crippen LogP contribution in [0.25, 0.3) is 31.7 Å². The normalized spacial score (nSPS) is 14.5. The number of benzene rings is 1. The summed E-state index contributed by atoms with van der Waals surface area (Å²) in [4.78, 5) is 16.3. The van der Waals surface area contributed by atoms with Crippen molar-refractivity contribution >= 4 is 43.0 Å². The third kappa shape index (κ3) is 4.01. The lowest BCUT2D eigenvalue weighted by atomic mass is 9.97. The smallest absolute Gasteiger partial charge is 0.226 e. The minimum atomic E-state index is -0.119. The highest BCUT2D eigenvalue weighted by atomic mass is 32.1. The fourth-order valence-electron chi connectivity index (χ4n) is 4.58. The van der Waals surface area contributed by atoms with Crippen molar-refractivity contribution in [3.8, 4) is 17.3 Å². The van der Waals surface area contributed by atoms with Gasteiger partial charge in [0.15, 0.2) is 5.82 Å². The molecule has 0 saturated carbocycles. The molecule has 1 unspecified atom stereocenters. The summed E-state index contributed by atoms with van der Waals surface area (Å²) in [5.74, 6) is 1.34. The molecule has 1 aromatic carbocycles. The molecule has 1 aliphatic carbocycles. The van der Waals surface area contributed by atoms with E-state index in [9.17, 15) is 0 Å². The number of hydrogen-bond donors (Lipinski definition) is 1. The maximum absolute atomic E-state index is 6.54. The van der Waals surface area contributed by atoms with Gasteiger partial charge in [-0.05, 0) is 72.2 Å². The number of nitrogens with zero attached hydrogens (tertiary/aromatic N) is 3. The lowest BCUT2D eigenvalue weighted by Crippen LogP contribution is -2.30. The van der Waals surface area contributed by atoms with Crippen molar-refractivity contribution in [2.24, 2.45) is 5.73 Å². The Hall–Kier alpha value is -2.87. The molecule has 0 saturated heterocycles. The molecule has 4 aromatic heterocycles. The van der Waals surface area contributed by atoms with Crippen molar-refractivity contribution in [3.63, 3.8) is 0 Å². The fourth-order valence-corrected chi connectivity index (χ4v) is 6.80. The summed E-state index contributed by atoms with van der Waals surface area (Å²) in [6.07, 6.45) is 8.93. The molecule has 0 bridgehead atoms. The van der Waals surface area contributed by atoms with E-state index in [-0.39, 0.29) is 6.04 Å². The average molecular weight is 473 g/mol. The average Bonchev–Trinajstić information content (AvgIpc) is 3.44. The molecule has 5 nitrogen and oxygen atoms in total. The van der Waals surface area contributed by atoms with Crippen LogP contribution < -0.4 is 10.5 Å². The number of rotatable bonds is 6. The van der Waals surface area contributed by atoms with Crippen LogP contribution in [0, 0.1) is 0 Å². The summed E-state index contributed by atoms with van der Waals surface area (Å²) in [5.41, 5.74) is 10.1. The maximum Gasteiger partial charge on any atom is 0.226 e. The van der Waals surface area contributed by atoms with E-state index >= 15 is 0 Å². The molecular formula is C26H24N4OS2. The number of ether oxygens (including phenoxy) is 1. The largest absolute Gasteiger partial charge is 0.475 e. The molecule has 33 heavy (non-hydrogen) atoms. The van der Waals surface area contributed by atoms with Crippen LogP contribution in [0.2, 0.25) is 0 Å². The van der Waals surface area contributed by atoms with Crippen LogP contribution in [0.4, 0.5) is 0 Å². The highest BCUT2D eigenvalue weighted by Gasteiger charge is 2.23. The zero-order valence-electron chi connectivity index (χ0n) is 18.2. The zero-order valence-corrected chi connectivity index (χ0v) is 19.8. The van der Waals surface area contributed by atoms with Crippen molar-refractivity contribution in [1.82, 2.24) is 15.0 Å². The quantitative estimate of drug-likeness (QED) is 0.338. The van der Waals surface area contributed by atoms with Gasteiger partial charge in [0.1, 0.15) is 11.4 Å². The van der Waals surface area contributed by atoms with E-state index < -0.39 is 0 Å². The van der Waals surface area contributed by atoms with Crippen LogP contribution in [-0.4, -0.2) is 27.6 Å². The molecule has 1 atom stereocenters. The number of hydrogen-bond acceptors (Lipinski definition) is 7. The monoisotopic (exact) mass is 472 g/mol. The minimum Gasteiger partial charge on any atom is -0.475 e. The van der Waals surface area contributed by atoms with E-state index in [2.05, 4.69) is 34.6 Å². The topological polar surface area (TPSA) is 73.9 Å². The third-order valence-electron chi connectivity index (χ3n) is 6.20. The second-order valence-electron chi connectivity index (χ2n) is 8.51. The molecular weight excluding hydrogens is 448 g/mol. The van der Waals surface area contributed by atoms with Gasteiger partial charge in [0, 0.05) is 33.6 Å². The maximum atomic E-state index is 6.54. The molecule has 2 N–H and O–H groups in total. The van der Waals surface area contributed by atoms with Gasteiger partial charge >= 0.3 is 0 Å². The van der Waals surface area contributed by atoms with E-state index in [4.69, 9.17) is 20.4 Å². The number of thiophene rings is 2. The Kier molecular flexibility index (Phi) is 5.54. The lowest BCUT2D eigenvalue weighted by molar-refractivity contribution is 0.281. The molecule has 4 heterocycles. The Morgan fingerprint density at radius 1 is 1.03 bits per heavy atom. The SMILES string of the molecule is NC(COc1nc(-c2ccncc2)nc2sc3c(c12)CCCC3)Cc1csc2ccccc12. The summed E-state index contributed by atoms with van der Waals surface area (Å²) >= 11 is 3.55. The Morgan fingerprint density at radius 3 is 2.79 bits per heavy atom. The van der Waals surface area contributed by atoms with Gasteiger partial charge in [-0.15, -0.1) is 22.7 Å². The van der Waals surface area contributed by atoms with Gasteiger partial charge in [0.25, 0.3) is 0 Å². The first-order valence-electron chi connectivity index (χ1n) is 11.3. The Morgan fingerprint density at radius 2 is 1.88 bits per heavy atom. The summed E-state index contributed by atoms with van der Waals surface area (Å²) in [6, 6.07) is 12.2. The molecule has 5 aromatic rings. The Bertz CT molecular complexity index is 1430. The summed E-state index contributed by atoms with van der Waals surface area (Å²) < 4.78 is 7.64. The molecule has 0 fully saturated rings. The minimum absolute atomic E-state index is 0.119. The number of pyridine rings is 1. The summed E-state index contributed by atoms with van der Waals surface area (Å²) in [5, 5.41) is 4.58. The third-order valence-corrected chi connectivity index (χ3v) is 8.40. The zero-order chi connectivity index (χ0) is 22.2. The number of fused-ring (bicyclic) bond motifs is 4. The molecule has 1 aliphatic rings. The van der Waals surface area contributed by atoms with E-state index in [1.807, 2.05) is 12.1 Å². The predicted octanol–water partition coefficient (Wildman–Crippen LogP) is 5.80. The van der Waals surface area contributed by atoms with Crippen molar-refractivity contribution in [3.05, 3.63) is 70.2 Å². The van der Waals surface area contributed by atoms with Gasteiger partial charge in [0.05, 0.1) is 5.39 Å². The van der Waals surface area contributed by atoms with Gasteiger partial charge in [0.2, 0.25) is 5.88 Å². The van der Waals surface area contributed by atoms with Crippen molar-refractivity contribution in [1.29, 1.82) is 0 Å². The van der Waals surface area contributed by atoms with Crippen LogP contribution in [0.15, 0.2) is 54.2 Å². The highest BCUT2D eigenvalue weighted by molar-refractivity contribution is 7.19. The summed E-state index contributed by atoms with van der Waals surface area (Å²) in [6.45, 7) is 0.413. The van der Waals surface area contributed by atoms with E-state index in [0.717, 1.165) is 35.0 Å². The second kappa shape index (κ2) is 8.82. The van der Waals surface area contributed by atoms with Crippen LogP contribution >= 0.6 is 22.7 Å². The van der Waals surface area contributed by atoms with Gasteiger partial charge < -0.3 is 10.5 Å². The van der Waals surface area contributed by atoms with Crippen LogP contribution in [0.3, 0.4) is 0 Å². The van der Waals surface area contributed by atoms with Gasteiger partial charge in [-0.3, -0.25) is 4.98 Å². The fraction of sp³-hybridized carbons (Fsp3) is 0.269. The molecule has 0 spiro atoms. The molecule has 0 aliphatic heterocycles. The number of nitrogens with two attached hydrogens (primary N) is 1. The van der Waals surface area contributed by atoms with Gasteiger partial charge in [-0.1, -0.05) is 18.2 Å². The lowest BCUT2D eigenvalue weighted by Gasteiger charge is -2.15. The second-order valence-corrected chi connectivity index (χ2v) is 10.5. The molecule has 0 radical (unpaired) electrons. The predicted molar refractivity (Wildman–Crippen MR) is 136 cm³/mol. The van der Waals surface area contributed by atoms with Crippen molar-refractivity contribution < 1.29 is 4.74 Å².